The second-order valence-corrected chi connectivity index (χ2v) is 5.80. The van der Waals surface area contributed by atoms with Crippen LogP contribution >= 0.6 is 11.6 Å². The van der Waals surface area contributed by atoms with Gasteiger partial charge in [0.25, 0.3) is 0 Å². The first-order valence-corrected chi connectivity index (χ1v) is 6.89. The third-order valence-electron chi connectivity index (χ3n) is 2.10. The van der Waals surface area contributed by atoms with Gasteiger partial charge < -0.3 is 0 Å². The van der Waals surface area contributed by atoms with Gasteiger partial charge in [0.1, 0.15) is 5.82 Å². The van der Waals surface area contributed by atoms with Crippen LogP contribution in [0, 0.1) is 5.82 Å². The highest BCUT2D eigenvalue weighted by Crippen LogP contribution is 2.16. The van der Waals surface area contributed by atoms with Gasteiger partial charge in [0.15, 0.2) is 0 Å². The van der Waals surface area contributed by atoms with Gasteiger partial charge in [0.05, 0.1) is 10.8 Å². The second kappa shape index (κ2) is 5.61. The average molecular weight is 266 g/mol. The lowest BCUT2D eigenvalue weighted by atomic mass is 10.1. The molecule has 0 atom stereocenters. The molecule has 0 amide bonds. The molecule has 0 unspecified atom stereocenters. The molecule has 0 heterocycles. The van der Waals surface area contributed by atoms with Gasteiger partial charge in [-0.2, -0.15) is 0 Å². The fourth-order valence-electron chi connectivity index (χ4n) is 1.15. The molecule has 0 aliphatic heterocycles. The third-order valence-corrected chi connectivity index (χ3v) is 3.79. The van der Waals surface area contributed by atoms with E-state index in [0.29, 0.717) is 6.42 Å². The van der Waals surface area contributed by atoms with Gasteiger partial charge in [-0.15, -0.1) is 0 Å². The molecule has 0 aliphatic carbocycles. The van der Waals surface area contributed by atoms with Crippen LogP contribution in [0.15, 0.2) is 18.2 Å². The van der Waals surface area contributed by atoms with Crippen molar-refractivity contribution in [3.05, 3.63) is 34.6 Å². The van der Waals surface area contributed by atoms with Crippen LogP contribution in [0.4, 0.5) is 4.39 Å². The number of halogens is 2. The van der Waals surface area contributed by atoms with Crippen LogP contribution in [-0.2, 0) is 16.4 Å². The first-order chi connectivity index (χ1) is 7.44. The van der Waals surface area contributed by atoms with E-state index in [1.807, 2.05) is 0 Å². The van der Waals surface area contributed by atoms with E-state index in [4.69, 9.17) is 11.6 Å². The Bertz CT molecular complexity index is 462. The maximum atomic E-state index is 12.8. The molecule has 1 N–H and O–H groups in total. The Labute approximate surface area is 99.7 Å². The Morgan fingerprint density at radius 3 is 2.69 bits per heavy atom. The number of rotatable bonds is 5. The number of nitrogens with one attached hydrogen (secondary N) is 1. The SMILES string of the molecule is CCS(=O)(=O)NCCc1ccc(F)c(Cl)c1. The highest BCUT2D eigenvalue weighted by Gasteiger charge is 2.06. The number of hydrogen-bond acceptors (Lipinski definition) is 2. The van der Waals surface area contributed by atoms with E-state index in [1.54, 1.807) is 13.0 Å². The highest BCUT2D eigenvalue weighted by molar-refractivity contribution is 7.89. The Hall–Kier alpha value is -0.650. The van der Waals surface area contributed by atoms with Gasteiger partial charge in [-0.05, 0) is 31.0 Å². The fraction of sp³-hybridized carbons (Fsp3) is 0.400. The van der Waals surface area contributed by atoms with E-state index in [-0.39, 0.29) is 17.3 Å². The van der Waals surface area contributed by atoms with Crippen LogP contribution in [0.3, 0.4) is 0 Å². The maximum absolute atomic E-state index is 12.8. The normalized spacial score (nSPS) is 11.7. The molecule has 0 fully saturated rings. The van der Waals surface area contributed by atoms with Crippen molar-refractivity contribution in [3.8, 4) is 0 Å². The zero-order chi connectivity index (χ0) is 12.2. The van der Waals surface area contributed by atoms with E-state index in [0.717, 1.165) is 5.56 Å². The first-order valence-electron chi connectivity index (χ1n) is 4.86. The second-order valence-electron chi connectivity index (χ2n) is 3.30. The molecular formula is C10H13ClFNO2S. The summed E-state index contributed by atoms with van der Waals surface area (Å²) in [6.07, 6.45) is 0.485. The lowest BCUT2D eigenvalue weighted by Gasteiger charge is -2.05. The van der Waals surface area contributed by atoms with E-state index in [1.165, 1.54) is 12.1 Å². The Balaban J connectivity index is 2.53. The van der Waals surface area contributed by atoms with Crippen LogP contribution in [0.5, 0.6) is 0 Å². The summed E-state index contributed by atoms with van der Waals surface area (Å²) < 4.78 is 37.5. The molecule has 0 spiro atoms. The van der Waals surface area contributed by atoms with Crippen molar-refractivity contribution in [1.29, 1.82) is 0 Å². The summed E-state index contributed by atoms with van der Waals surface area (Å²) in [5.74, 6) is -0.420. The van der Waals surface area contributed by atoms with Crippen LogP contribution < -0.4 is 4.72 Å². The number of sulfonamides is 1. The summed E-state index contributed by atoms with van der Waals surface area (Å²) in [4.78, 5) is 0. The van der Waals surface area contributed by atoms with E-state index < -0.39 is 15.8 Å². The summed E-state index contributed by atoms with van der Waals surface area (Å²) in [6.45, 7) is 1.86. The molecule has 90 valence electrons. The maximum Gasteiger partial charge on any atom is 0.211 e. The monoisotopic (exact) mass is 265 g/mol. The van der Waals surface area contributed by atoms with Crippen LogP contribution in [0.1, 0.15) is 12.5 Å². The van der Waals surface area contributed by atoms with Crippen LogP contribution in [0.25, 0.3) is 0 Å². The van der Waals surface area contributed by atoms with Crippen molar-refractivity contribution in [1.82, 2.24) is 4.72 Å². The summed E-state index contributed by atoms with van der Waals surface area (Å²) >= 11 is 5.60. The van der Waals surface area contributed by atoms with Crippen LogP contribution in [-0.4, -0.2) is 20.7 Å². The minimum absolute atomic E-state index is 0.0517. The summed E-state index contributed by atoms with van der Waals surface area (Å²) in [5, 5.41) is 0.0517. The summed E-state index contributed by atoms with van der Waals surface area (Å²) in [6, 6.07) is 4.35. The number of hydrogen-bond donors (Lipinski definition) is 1. The van der Waals surface area contributed by atoms with Gasteiger partial charge in [0.2, 0.25) is 10.0 Å². The largest absolute Gasteiger partial charge is 0.215 e. The topological polar surface area (TPSA) is 46.2 Å². The minimum atomic E-state index is -3.16. The lowest BCUT2D eigenvalue weighted by molar-refractivity contribution is 0.582. The first kappa shape index (κ1) is 13.4. The van der Waals surface area contributed by atoms with Crippen molar-refractivity contribution in [2.24, 2.45) is 0 Å². The number of benzene rings is 1. The zero-order valence-corrected chi connectivity index (χ0v) is 10.4. The average Bonchev–Trinajstić information content (AvgIpc) is 2.23. The molecule has 0 radical (unpaired) electrons. The molecule has 1 aromatic rings. The molecule has 6 heteroatoms. The van der Waals surface area contributed by atoms with Crippen molar-refractivity contribution in [2.45, 2.75) is 13.3 Å². The van der Waals surface area contributed by atoms with E-state index in [2.05, 4.69) is 4.72 Å². The predicted octanol–water partition coefficient (Wildman–Crippen LogP) is 1.96. The molecule has 0 saturated carbocycles. The van der Waals surface area contributed by atoms with Crippen molar-refractivity contribution < 1.29 is 12.8 Å². The lowest BCUT2D eigenvalue weighted by Crippen LogP contribution is -2.27. The van der Waals surface area contributed by atoms with Crippen LogP contribution in [0.2, 0.25) is 5.02 Å². The third kappa shape index (κ3) is 4.08. The van der Waals surface area contributed by atoms with Gasteiger partial charge >= 0.3 is 0 Å². The fourth-order valence-corrected chi connectivity index (χ4v) is 1.97. The Morgan fingerprint density at radius 1 is 1.44 bits per heavy atom. The molecular weight excluding hydrogens is 253 g/mol. The molecule has 1 rings (SSSR count). The quantitative estimate of drug-likeness (QED) is 0.885. The minimum Gasteiger partial charge on any atom is -0.215 e. The molecule has 0 saturated heterocycles. The van der Waals surface area contributed by atoms with E-state index >= 15 is 0 Å². The summed E-state index contributed by atoms with van der Waals surface area (Å²) in [7, 11) is -3.16. The Morgan fingerprint density at radius 2 is 2.12 bits per heavy atom. The van der Waals surface area contributed by atoms with E-state index in [9.17, 15) is 12.8 Å². The molecule has 0 aliphatic rings. The smallest absolute Gasteiger partial charge is 0.211 e. The molecule has 1 aromatic carbocycles. The van der Waals surface area contributed by atoms with Crippen molar-refractivity contribution in [2.75, 3.05) is 12.3 Å². The molecule has 0 aromatic heterocycles. The highest BCUT2D eigenvalue weighted by atomic mass is 35.5. The zero-order valence-electron chi connectivity index (χ0n) is 8.83. The summed E-state index contributed by atoms with van der Waals surface area (Å²) in [5.41, 5.74) is 0.796. The van der Waals surface area contributed by atoms with Gasteiger partial charge in [-0.25, -0.2) is 17.5 Å². The van der Waals surface area contributed by atoms with Crippen molar-refractivity contribution in [3.63, 3.8) is 0 Å². The van der Waals surface area contributed by atoms with Gasteiger partial charge in [-0.3, -0.25) is 0 Å². The molecule has 0 bridgehead atoms. The van der Waals surface area contributed by atoms with Gasteiger partial charge in [-0.1, -0.05) is 17.7 Å². The standard InChI is InChI=1S/C10H13ClFNO2S/c1-2-16(14,15)13-6-5-8-3-4-10(12)9(11)7-8/h3-4,7,13H,2,5-6H2,1H3. The molecule has 3 nitrogen and oxygen atoms in total. The van der Waals surface area contributed by atoms with Gasteiger partial charge in [0, 0.05) is 6.54 Å². The van der Waals surface area contributed by atoms with Crippen molar-refractivity contribution >= 4 is 21.6 Å². The molecule has 16 heavy (non-hydrogen) atoms. The Kier molecular flexibility index (Phi) is 4.70. The predicted molar refractivity (Wildman–Crippen MR) is 62.6 cm³/mol.